The van der Waals surface area contributed by atoms with E-state index >= 15 is 0 Å². The number of anilines is 1. The molecule has 1 amide bonds. The van der Waals surface area contributed by atoms with Crippen LogP contribution in [-0.2, 0) is 29.3 Å². The zero-order valence-electron chi connectivity index (χ0n) is 22.7. The van der Waals surface area contributed by atoms with Gasteiger partial charge in [0.2, 0.25) is 5.95 Å². The van der Waals surface area contributed by atoms with Crippen LogP contribution in [0.15, 0.2) is 90.0 Å². The van der Waals surface area contributed by atoms with Crippen LogP contribution < -0.4 is 19.1 Å². The third-order valence-electron chi connectivity index (χ3n) is 6.40. The second-order valence-corrected chi connectivity index (χ2v) is 10.8. The van der Waals surface area contributed by atoms with Crippen molar-refractivity contribution < 1.29 is 22.7 Å². The van der Waals surface area contributed by atoms with Crippen LogP contribution >= 0.6 is 0 Å². The fourth-order valence-corrected chi connectivity index (χ4v) is 5.06. The first kappa shape index (κ1) is 28.6. The van der Waals surface area contributed by atoms with E-state index in [1.54, 1.807) is 7.11 Å². The number of methoxy groups -OCH3 is 2. The normalized spacial score (nSPS) is 11.1. The van der Waals surface area contributed by atoms with Crippen LogP contribution in [-0.4, -0.2) is 52.1 Å². The van der Waals surface area contributed by atoms with Crippen LogP contribution in [0, 0.1) is 0 Å². The number of benzene rings is 3. The van der Waals surface area contributed by atoms with Crippen molar-refractivity contribution in [2.75, 3.05) is 32.7 Å². The Morgan fingerprint density at radius 3 is 2.25 bits per heavy atom. The van der Waals surface area contributed by atoms with E-state index in [1.807, 2.05) is 54.4 Å². The van der Waals surface area contributed by atoms with Crippen molar-refractivity contribution in [2.24, 2.45) is 0 Å². The smallest absolute Gasteiger partial charge is 0.268 e. The molecule has 1 aromatic heterocycles. The van der Waals surface area contributed by atoms with Gasteiger partial charge in [-0.25, -0.2) is 23.1 Å². The zero-order valence-corrected chi connectivity index (χ0v) is 23.5. The van der Waals surface area contributed by atoms with Crippen molar-refractivity contribution in [1.29, 1.82) is 0 Å². The van der Waals surface area contributed by atoms with Crippen LogP contribution in [0.25, 0.3) is 0 Å². The number of hydrogen-bond acceptors (Lipinski definition) is 8. The van der Waals surface area contributed by atoms with Gasteiger partial charge in [-0.05, 0) is 66.8 Å². The summed E-state index contributed by atoms with van der Waals surface area (Å²) < 4.78 is 38.4. The van der Waals surface area contributed by atoms with E-state index in [4.69, 9.17) is 14.5 Å². The maximum absolute atomic E-state index is 13.3. The molecule has 9 nitrogen and oxygen atoms in total. The summed E-state index contributed by atoms with van der Waals surface area (Å²) in [5, 5.41) is 0. The van der Waals surface area contributed by atoms with E-state index in [2.05, 4.69) is 21.8 Å². The number of hydrogen-bond donors (Lipinski definition) is 1. The average Bonchev–Trinajstić information content (AvgIpc) is 2.99. The van der Waals surface area contributed by atoms with Crippen LogP contribution in [0.4, 0.5) is 5.95 Å². The summed E-state index contributed by atoms with van der Waals surface area (Å²) >= 11 is 0. The van der Waals surface area contributed by atoms with E-state index in [0.29, 0.717) is 36.8 Å². The molecule has 4 rings (SSSR count). The standard InChI is InChI=1S/C30H32N4O5S/c1-34(19-18-22-8-5-4-6-9-22)30-31-21-27(28(32-30)17-12-23-10-7-11-25(20-23)39-3)29(35)33-40(36,37)26-15-13-24(38-2)14-16-26/h4-11,13-16,20-21H,12,17-19H2,1-3H3,(H,33,35). The maximum atomic E-state index is 13.3. The molecular formula is C30H32N4O5S. The Morgan fingerprint density at radius 2 is 1.55 bits per heavy atom. The summed E-state index contributed by atoms with van der Waals surface area (Å²) in [6, 6.07) is 23.5. The van der Waals surface area contributed by atoms with Crippen molar-refractivity contribution in [3.8, 4) is 11.5 Å². The van der Waals surface area contributed by atoms with Gasteiger partial charge in [-0.15, -0.1) is 0 Å². The summed E-state index contributed by atoms with van der Waals surface area (Å²) in [4.78, 5) is 24.2. The molecule has 0 spiro atoms. The van der Waals surface area contributed by atoms with E-state index in [9.17, 15) is 13.2 Å². The molecule has 0 fully saturated rings. The van der Waals surface area contributed by atoms with Crippen LogP contribution in [0.1, 0.15) is 27.2 Å². The van der Waals surface area contributed by atoms with Gasteiger partial charge in [-0.2, -0.15) is 0 Å². The van der Waals surface area contributed by atoms with Gasteiger partial charge < -0.3 is 14.4 Å². The first-order valence-corrected chi connectivity index (χ1v) is 14.2. The molecule has 0 bridgehead atoms. The summed E-state index contributed by atoms with van der Waals surface area (Å²) in [7, 11) is 0.849. The van der Waals surface area contributed by atoms with Crippen molar-refractivity contribution >= 4 is 21.9 Å². The minimum absolute atomic E-state index is 0.0576. The Hall–Kier alpha value is -4.44. The quantitative estimate of drug-likeness (QED) is 0.276. The first-order chi connectivity index (χ1) is 19.3. The number of nitrogens with zero attached hydrogens (tertiary/aromatic N) is 3. The maximum Gasteiger partial charge on any atom is 0.268 e. The average molecular weight is 561 g/mol. The van der Waals surface area contributed by atoms with Crippen LogP contribution in [0.3, 0.4) is 0 Å². The number of carbonyl (C=O) groups excluding carboxylic acids is 1. The van der Waals surface area contributed by atoms with Gasteiger partial charge in [-0.3, -0.25) is 4.79 Å². The summed E-state index contributed by atoms with van der Waals surface area (Å²) in [5.74, 6) is 0.886. The fourth-order valence-electron chi connectivity index (χ4n) is 4.09. The summed E-state index contributed by atoms with van der Waals surface area (Å²) in [6.07, 6.45) is 3.14. The summed E-state index contributed by atoms with van der Waals surface area (Å²) in [5.41, 5.74) is 2.73. The molecule has 0 radical (unpaired) electrons. The molecule has 0 aliphatic rings. The molecule has 3 aromatic carbocycles. The highest BCUT2D eigenvalue weighted by Crippen LogP contribution is 2.19. The summed E-state index contributed by atoms with van der Waals surface area (Å²) in [6.45, 7) is 0.663. The van der Waals surface area contributed by atoms with Crippen molar-refractivity contribution in [2.45, 2.75) is 24.2 Å². The molecule has 0 aliphatic heterocycles. The Labute approximate surface area is 234 Å². The highest BCUT2D eigenvalue weighted by molar-refractivity contribution is 7.90. The lowest BCUT2D eigenvalue weighted by atomic mass is 10.0. The van der Waals surface area contributed by atoms with E-state index in [-0.39, 0.29) is 10.5 Å². The number of likely N-dealkylation sites (N-methyl/N-ethyl adjacent to an activating group) is 1. The molecular weight excluding hydrogens is 528 g/mol. The minimum Gasteiger partial charge on any atom is -0.497 e. The number of sulfonamides is 1. The Kier molecular flexibility index (Phi) is 9.34. The lowest BCUT2D eigenvalue weighted by Gasteiger charge is -2.19. The van der Waals surface area contributed by atoms with E-state index < -0.39 is 15.9 Å². The van der Waals surface area contributed by atoms with Crippen molar-refractivity contribution in [1.82, 2.24) is 14.7 Å². The second-order valence-electron chi connectivity index (χ2n) is 9.15. The number of amides is 1. The van der Waals surface area contributed by atoms with Gasteiger partial charge in [0.05, 0.1) is 30.4 Å². The number of aromatic nitrogens is 2. The number of rotatable bonds is 12. The molecule has 10 heteroatoms. The second kappa shape index (κ2) is 13.1. The lowest BCUT2D eigenvalue weighted by Crippen LogP contribution is -2.32. The lowest BCUT2D eigenvalue weighted by molar-refractivity contribution is 0.0979. The molecule has 0 atom stereocenters. The fraction of sp³-hybridized carbons (Fsp3) is 0.233. The number of aryl methyl sites for hydroxylation is 2. The van der Waals surface area contributed by atoms with E-state index in [1.165, 1.54) is 43.1 Å². The van der Waals surface area contributed by atoms with Gasteiger partial charge in [0, 0.05) is 19.8 Å². The van der Waals surface area contributed by atoms with E-state index in [0.717, 1.165) is 17.7 Å². The zero-order chi connectivity index (χ0) is 28.5. The Bertz CT molecular complexity index is 1540. The van der Waals surface area contributed by atoms with Gasteiger partial charge in [0.25, 0.3) is 15.9 Å². The highest BCUT2D eigenvalue weighted by atomic mass is 32.2. The van der Waals surface area contributed by atoms with Crippen molar-refractivity contribution in [3.05, 3.63) is 107 Å². The van der Waals surface area contributed by atoms with Gasteiger partial charge in [0.1, 0.15) is 11.5 Å². The Morgan fingerprint density at radius 1 is 0.850 bits per heavy atom. The molecule has 0 saturated carbocycles. The molecule has 0 saturated heterocycles. The first-order valence-electron chi connectivity index (χ1n) is 12.7. The minimum atomic E-state index is -4.13. The SMILES string of the molecule is COc1ccc(S(=O)(=O)NC(=O)c2cnc(N(C)CCc3ccccc3)nc2CCc2cccc(OC)c2)cc1. The molecule has 1 heterocycles. The molecule has 40 heavy (non-hydrogen) atoms. The molecule has 208 valence electrons. The molecule has 0 aliphatic carbocycles. The number of nitrogens with one attached hydrogen (secondary N) is 1. The van der Waals surface area contributed by atoms with Crippen LogP contribution in [0.2, 0.25) is 0 Å². The number of carbonyl (C=O) groups is 1. The molecule has 0 unspecified atom stereocenters. The largest absolute Gasteiger partial charge is 0.497 e. The number of ether oxygens (including phenoxy) is 2. The van der Waals surface area contributed by atoms with Gasteiger partial charge in [0.15, 0.2) is 0 Å². The van der Waals surface area contributed by atoms with Crippen LogP contribution in [0.5, 0.6) is 11.5 Å². The predicted molar refractivity (Wildman–Crippen MR) is 153 cm³/mol. The molecule has 4 aromatic rings. The monoisotopic (exact) mass is 560 g/mol. The highest BCUT2D eigenvalue weighted by Gasteiger charge is 2.23. The van der Waals surface area contributed by atoms with Crippen molar-refractivity contribution in [3.63, 3.8) is 0 Å². The van der Waals surface area contributed by atoms with Gasteiger partial charge in [-0.1, -0.05) is 42.5 Å². The topological polar surface area (TPSA) is 111 Å². The Balaban J connectivity index is 1.58. The predicted octanol–water partition coefficient (Wildman–Crippen LogP) is 4.08. The van der Waals surface area contributed by atoms with Gasteiger partial charge >= 0.3 is 0 Å². The molecule has 1 N–H and O–H groups in total. The third-order valence-corrected chi connectivity index (χ3v) is 7.75. The third kappa shape index (κ3) is 7.35.